The number of aromatic nitrogens is 3. The highest BCUT2D eigenvalue weighted by Crippen LogP contribution is 2.45. The van der Waals surface area contributed by atoms with Gasteiger partial charge in [0.15, 0.2) is 10.8 Å². The Morgan fingerprint density at radius 3 is 2.83 bits per heavy atom. The Morgan fingerprint density at radius 2 is 2.08 bits per heavy atom. The molecule has 1 aliphatic carbocycles. The molecule has 0 unspecified atom stereocenters. The summed E-state index contributed by atoms with van der Waals surface area (Å²) in [5, 5.41) is 12.8. The Balaban J connectivity index is 1.53. The molecule has 0 bridgehead atoms. The van der Waals surface area contributed by atoms with Crippen LogP contribution in [0.1, 0.15) is 42.6 Å². The van der Waals surface area contributed by atoms with E-state index in [0.29, 0.717) is 23.1 Å². The number of amides is 1. The van der Waals surface area contributed by atoms with Gasteiger partial charge in [-0.25, -0.2) is 15.0 Å². The van der Waals surface area contributed by atoms with Crippen LogP contribution in [-0.4, -0.2) is 50.1 Å². The standard InChI is InChI=1S/C17H20N4O2S/c22-13-4-1-5-17(13)6-2-9-21(11-17)16(23)12-10-24-15(20-12)14-18-7-3-8-19-14/h3,7-8,10,13,22H,1-2,4-6,9,11H2/t13-,17+/m1/s1. The van der Waals surface area contributed by atoms with Crippen molar-refractivity contribution in [2.75, 3.05) is 13.1 Å². The molecule has 1 aliphatic heterocycles. The van der Waals surface area contributed by atoms with Crippen molar-refractivity contribution < 1.29 is 9.90 Å². The van der Waals surface area contributed by atoms with E-state index in [-0.39, 0.29) is 17.4 Å². The number of hydrogen-bond donors (Lipinski definition) is 1. The number of carbonyl (C=O) groups excluding carboxylic acids is 1. The zero-order valence-electron chi connectivity index (χ0n) is 13.4. The molecule has 1 saturated heterocycles. The van der Waals surface area contributed by atoms with Crippen molar-refractivity contribution >= 4 is 17.2 Å². The molecule has 126 valence electrons. The number of carbonyl (C=O) groups is 1. The summed E-state index contributed by atoms with van der Waals surface area (Å²) in [7, 11) is 0. The van der Waals surface area contributed by atoms with Gasteiger partial charge in [-0.2, -0.15) is 0 Å². The van der Waals surface area contributed by atoms with Gasteiger partial charge in [-0.1, -0.05) is 6.42 Å². The number of rotatable bonds is 2. The van der Waals surface area contributed by atoms with Crippen LogP contribution in [0.3, 0.4) is 0 Å². The van der Waals surface area contributed by atoms with E-state index < -0.39 is 0 Å². The number of likely N-dealkylation sites (tertiary alicyclic amines) is 1. The third-order valence-electron chi connectivity index (χ3n) is 5.24. The number of hydrogen-bond acceptors (Lipinski definition) is 6. The summed E-state index contributed by atoms with van der Waals surface area (Å²) in [6, 6.07) is 1.75. The van der Waals surface area contributed by atoms with E-state index in [1.807, 2.05) is 4.90 Å². The largest absolute Gasteiger partial charge is 0.392 e. The lowest BCUT2D eigenvalue weighted by Crippen LogP contribution is -2.49. The van der Waals surface area contributed by atoms with Gasteiger partial charge >= 0.3 is 0 Å². The van der Waals surface area contributed by atoms with E-state index in [1.165, 1.54) is 11.3 Å². The van der Waals surface area contributed by atoms with Gasteiger partial charge in [0.1, 0.15) is 5.69 Å². The predicted molar refractivity (Wildman–Crippen MR) is 90.6 cm³/mol. The first-order chi connectivity index (χ1) is 11.7. The van der Waals surface area contributed by atoms with Crippen molar-refractivity contribution in [3.05, 3.63) is 29.5 Å². The number of piperidine rings is 1. The molecular weight excluding hydrogens is 324 g/mol. The number of thiazole rings is 1. The van der Waals surface area contributed by atoms with E-state index in [4.69, 9.17) is 0 Å². The maximum atomic E-state index is 12.8. The lowest BCUT2D eigenvalue weighted by molar-refractivity contribution is -0.00552. The molecule has 1 N–H and O–H groups in total. The lowest BCUT2D eigenvalue weighted by atomic mass is 9.76. The quantitative estimate of drug-likeness (QED) is 0.905. The van der Waals surface area contributed by atoms with Crippen LogP contribution in [0.25, 0.3) is 10.8 Å². The Labute approximate surface area is 144 Å². The highest BCUT2D eigenvalue weighted by Gasteiger charge is 2.45. The molecule has 24 heavy (non-hydrogen) atoms. The highest BCUT2D eigenvalue weighted by molar-refractivity contribution is 7.13. The molecule has 1 saturated carbocycles. The van der Waals surface area contributed by atoms with Crippen LogP contribution in [-0.2, 0) is 0 Å². The lowest BCUT2D eigenvalue weighted by Gasteiger charge is -2.42. The second-order valence-corrected chi connectivity index (χ2v) is 7.57. The summed E-state index contributed by atoms with van der Waals surface area (Å²) in [5.41, 5.74) is 0.349. The van der Waals surface area contributed by atoms with Crippen LogP contribution >= 0.6 is 11.3 Å². The molecule has 1 amide bonds. The zero-order valence-corrected chi connectivity index (χ0v) is 14.2. The molecule has 3 heterocycles. The van der Waals surface area contributed by atoms with Gasteiger partial charge in [-0.15, -0.1) is 11.3 Å². The summed E-state index contributed by atoms with van der Waals surface area (Å²) in [6.07, 6.45) is 7.93. The van der Waals surface area contributed by atoms with Crippen molar-refractivity contribution in [3.8, 4) is 10.8 Å². The monoisotopic (exact) mass is 344 g/mol. The molecule has 1 spiro atoms. The summed E-state index contributed by atoms with van der Waals surface area (Å²) >= 11 is 1.39. The third-order valence-corrected chi connectivity index (χ3v) is 6.07. The molecule has 7 heteroatoms. The van der Waals surface area contributed by atoms with Crippen LogP contribution in [0.2, 0.25) is 0 Å². The SMILES string of the molecule is O=C(c1csc(-c2ncccn2)n1)N1CCC[C@@]2(CCC[C@H]2O)C1. The highest BCUT2D eigenvalue weighted by atomic mass is 32.1. The first-order valence-electron chi connectivity index (χ1n) is 8.38. The van der Waals surface area contributed by atoms with Gasteiger partial charge in [0, 0.05) is 36.3 Å². The minimum absolute atomic E-state index is 0.0494. The van der Waals surface area contributed by atoms with Crippen molar-refractivity contribution in [2.24, 2.45) is 5.41 Å². The van der Waals surface area contributed by atoms with Gasteiger partial charge in [0.25, 0.3) is 5.91 Å². The van der Waals surface area contributed by atoms with E-state index in [1.54, 1.807) is 23.8 Å². The number of nitrogens with zero attached hydrogens (tertiary/aromatic N) is 4. The fourth-order valence-electron chi connectivity index (χ4n) is 3.98. The molecule has 2 aliphatic rings. The summed E-state index contributed by atoms with van der Waals surface area (Å²) in [4.78, 5) is 27.5. The minimum atomic E-state index is -0.281. The predicted octanol–water partition coefficient (Wildman–Crippen LogP) is 2.37. The Hall–Kier alpha value is -1.86. The topological polar surface area (TPSA) is 79.2 Å². The van der Waals surface area contributed by atoms with Gasteiger partial charge in [-0.3, -0.25) is 4.79 Å². The third kappa shape index (κ3) is 2.71. The smallest absolute Gasteiger partial charge is 0.273 e. The first kappa shape index (κ1) is 15.7. The maximum absolute atomic E-state index is 12.8. The van der Waals surface area contributed by atoms with Crippen molar-refractivity contribution in [1.29, 1.82) is 0 Å². The van der Waals surface area contributed by atoms with Crippen LogP contribution in [0.4, 0.5) is 0 Å². The summed E-state index contributed by atoms with van der Waals surface area (Å²) < 4.78 is 0. The van der Waals surface area contributed by atoms with E-state index >= 15 is 0 Å². The van der Waals surface area contributed by atoms with Gasteiger partial charge in [-0.05, 0) is 31.7 Å². The Bertz CT molecular complexity index is 735. The molecule has 2 aromatic heterocycles. The fraction of sp³-hybridized carbons (Fsp3) is 0.529. The molecular formula is C17H20N4O2S. The van der Waals surface area contributed by atoms with E-state index in [2.05, 4.69) is 15.0 Å². The Kier molecular flexibility index (Phi) is 4.05. The van der Waals surface area contributed by atoms with E-state index in [0.717, 1.165) is 38.6 Å². The average Bonchev–Trinajstić information content (AvgIpc) is 3.24. The van der Waals surface area contributed by atoms with Crippen LogP contribution in [0.15, 0.2) is 23.8 Å². The summed E-state index contributed by atoms with van der Waals surface area (Å²) in [5.74, 6) is 0.495. The van der Waals surface area contributed by atoms with Crippen LogP contribution in [0, 0.1) is 5.41 Å². The molecule has 4 rings (SSSR count). The average molecular weight is 344 g/mol. The molecule has 6 nitrogen and oxygen atoms in total. The van der Waals surface area contributed by atoms with Gasteiger partial charge < -0.3 is 10.0 Å². The number of aliphatic hydroxyl groups is 1. The Morgan fingerprint density at radius 1 is 1.29 bits per heavy atom. The van der Waals surface area contributed by atoms with E-state index in [9.17, 15) is 9.90 Å². The molecule has 2 atom stereocenters. The molecule has 2 fully saturated rings. The number of aliphatic hydroxyl groups excluding tert-OH is 1. The molecule has 2 aromatic rings. The zero-order chi connectivity index (χ0) is 16.6. The van der Waals surface area contributed by atoms with Crippen molar-refractivity contribution in [1.82, 2.24) is 19.9 Å². The maximum Gasteiger partial charge on any atom is 0.273 e. The summed E-state index contributed by atoms with van der Waals surface area (Å²) in [6.45, 7) is 1.38. The second-order valence-electron chi connectivity index (χ2n) is 6.71. The van der Waals surface area contributed by atoms with Crippen molar-refractivity contribution in [3.63, 3.8) is 0 Å². The molecule has 0 radical (unpaired) electrons. The fourth-order valence-corrected chi connectivity index (χ4v) is 4.71. The van der Waals surface area contributed by atoms with Crippen molar-refractivity contribution in [2.45, 2.75) is 38.2 Å². The second kappa shape index (κ2) is 6.22. The van der Waals surface area contributed by atoms with Gasteiger partial charge in [0.05, 0.1) is 6.10 Å². The van der Waals surface area contributed by atoms with Gasteiger partial charge in [0.2, 0.25) is 0 Å². The normalized spacial score (nSPS) is 26.9. The first-order valence-corrected chi connectivity index (χ1v) is 9.26. The van der Waals surface area contributed by atoms with Crippen LogP contribution < -0.4 is 0 Å². The van der Waals surface area contributed by atoms with Crippen LogP contribution in [0.5, 0.6) is 0 Å². The molecule has 0 aromatic carbocycles. The minimum Gasteiger partial charge on any atom is -0.392 e.